The normalized spacial score (nSPS) is 10.0. The standard InChI is InChI=1S/C13H11FN4/c1-2-5-18-8-17-12(13(18)16)9-3-4-11(14)10(6-9)7-15/h2-4,6,8H,1,5,16H2. The van der Waals surface area contributed by atoms with Crippen LogP contribution in [0, 0.1) is 17.1 Å². The maximum absolute atomic E-state index is 13.2. The molecule has 5 heteroatoms. The molecule has 18 heavy (non-hydrogen) atoms. The minimum Gasteiger partial charge on any atom is -0.383 e. The molecule has 0 aliphatic carbocycles. The summed E-state index contributed by atoms with van der Waals surface area (Å²) in [5.74, 6) is -0.0873. The van der Waals surface area contributed by atoms with E-state index in [4.69, 9.17) is 11.0 Å². The first kappa shape index (κ1) is 11.9. The number of benzene rings is 1. The lowest BCUT2D eigenvalue weighted by molar-refractivity contribution is 0.624. The van der Waals surface area contributed by atoms with Gasteiger partial charge in [-0.05, 0) is 18.2 Å². The Bertz CT molecular complexity index is 637. The molecule has 1 aromatic heterocycles. The van der Waals surface area contributed by atoms with E-state index in [1.54, 1.807) is 29.1 Å². The number of nitrogens with two attached hydrogens (primary N) is 1. The minimum atomic E-state index is -0.551. The first-order valence-corrected chi connectivity index (χ1v) is 5.29. The van der Waals surface area contributed by atoms with Crippen molar-refractivity contribution in [2.75, 3.05) is 5.73 Å². The Labute approximate surface area is 104 Å². The third kappa shape index (κ3) is 1.96. The first-order chi connectivity index (χ1) is 8.67. The van der Waals surface area contributed by atoms with Crippen molar-refractivity contribution >= 4 is 5.82 Å². The maximum atomic E-state index is 13.2. The van der Waals surface area contributed by atoms with Gasteiger partial charge in [-0.2, -0.15) is 5.26 Å². The summed E-state index contributed by atoms with van der Waals surface area (Å²) in [5, 5.41) is 8.79. The zero-order valence-corrected chi connectivity index (χ0v) is 9.60. The van der Waals surface area contributed by atoms with E-state index >= 15 is 0 Å². The Morgan fingerprint density at radius 3 is 3.00 bits per heavy atom. The first-order valence-electron chi connectivity index (χ1n) is 5.29. The van der Waals surface area contributed by atoms with E-state index in [0.29, 0.717) is 23.6 Å². The summed E-state index contributed by atoms with van der Waals surface area (Å²) in [6.07, 6.45) is 3.29. The van der Waals surface area contributed by atoms with Crippen molar-refractivity contribution in [3.8, 4) is 17.3 Å². The number of imidazole rings is 1. The molecular formula is C13H11FN4. The number of nitrogens with zero attached hydrogens (tertiary/aromatic N) is 3. The fourth-order valence-electron chi connectivity index (χ4n) is 1.66. The monoisotopic (exact) mass is 242 g/mol. The average Bonchev–Trinajstić information content (AvgIpc) is 2.73. The summed E-state index contributed by atoms with van der Waals surface area (Å²) in [6.45, 7) is 4.17. The van der Waals surface area contributed by atoms with Crippen LogP contribution in [0.25, 0.3) is 11.3 Å². The molecule has 0 bridgehead atoms. The third-order valence-corrected chi connectivity index (χ3v) is 2.56. The SMILES string of the molecule is C=CCn1cnc(-c2ccc(F)c(C#N)c2)c1N. The van der Waals surface area contributed by atoms with E-state index in [2.05, 4.69) is 11.6 Å². The molecule has 2 aromatic rings. The van der Waals surface area contributed by atoms with Crippen LogP contribution in [0.5, 0.6) is 0 Å². The second-order valence-electron chi connectivity index (χ2n) is 3.73. The van der Waals surface area contributed by atoms with Crippen LogP contribution in [0.4, 0.5) is 10.2 Å². The Morgan fingerprint density at radius 1 is 1.56 bits per heavy atom. The highest BCUT2D eigenvalue weighted by atomic mass is 19.1. The number of allylic oxidation sites excluding steroid dienone is 1. The molecule has 0 aliphatic rings. The number of halogens is 1. The van der Waals surface area contributed by atoms with Gasteiger partial charge in [0, 0.05) is 12.1 Å². The van der Waals surface area contributed by atoms with Crippen molar-refractivity contribution in [2.24, 2.45) is 0 Å². The van der Waals surface area contributed by atoms with Gasteiger partial charge in [0.2, 0.25) is 0 Å². The van der Waals surface area contributed by atoms with Crippen LogP contribution in [0.1, 0.15) is 5.56 Å². The number of nitrogen functional groups attached to an aromatic ring is 1. The summed E-state index contributed by atoms with van der Waals surface area (Å²) >= 11 is 0. The van der Waals surface area contributed by atoms with Crippen molar-refractivity contribution in [3.05, 3.63) is 48.6 Å². The third-order valence-electron chi connectivity index (χ3n) is 2.56. The largest absolute Gasteiger partial charge is 0.383 e. The molecular weight excluding hydrogens is 231 g/mol. The molecule has 0 radical (unpaired) electrons. The van der Waals surface area contributed by atoms with E-state index < -0.39 is 5.82 Å². The van der Waals surface area contributed by atoms with Crippen LogP contribution in [-0.2, 0) is 6.54 Å². The lowest BCUT2D eigenvalue weighted by atomic mass is 10.1. The highest BCUT2D eigenvalue weighted by molar-refractivity contribution is 5.71. The molecule has 4 nitrogen and oxygen atoms in total. The van der Waals surface area contributed by atoms with Crippen molar-refractivity contribution in [3.63, 3.8) is 0 Å². The van der Waals surface area contributed by atoms with Crippen LogP contribution >= 0.6 is 0 Å². The van der Waals surface area contributed by atoms with Gasteiger partial charge in [0.1, 0.15) is 23.4 Å². The quantitative estimate of drug-likeness (QED) is 0.840. The van der Waals surface area contributed by atoms with Gasteiger partial charge in [-0.1, -0.05) is 6.08 Å². The molecule has 0 aliphatic heterocycles. The topological polar surface area (TPSA) is 67.6 Å². The van der Waals surface area contributed by atoms with Crippen LogP contribution < -0.4 is 5.73 Å². The predicted octanol–water partition coefficient (Wildman–Crippen LogP) is 2.33. The van der Waals surface area contributed by atoms with E-state index in [-0.39, 0.29) is 5.56 Å². The molecule has 1 heterocycles. The summed E-state index contributed by atoms with van der Waals surface area (Å²) in [4.78, 5) is 4.17. The molecule has 0 unspecified atom stereocenters. The minimum absolute atomic E-state index is 0.0230. The molecule has 2 N–H and O–H groups in total. The number of hydrogen-bond acceptors (Lipinski definition) is 3. The Hall–Kier alpha value is -2.61. The van der Waals surface area contributed by atoms with E-state index in [1.165, 1.54) is 12.1 Å². The molecule has 0 spiro atoms. The zero-order chi connectivity index (χ0) is 13.1. The fourth-order valence-corrected chi connectivity index (χ4v) is 1.66. The lowest BCUT2D eigenvalue weighted by Gasteiger charge is -2.03. The van der Waals surface area contributed by atoms with Gasteiger partial charge in [-0.25, -0.2) is 9.37 Å². The summed E-state index contributed by atoms with van der Waals surface area (Å²) < 4.78 is 14.9. The second-order valence-corrected chi connectivity index (χ2v) is 3.73. The second kappa shape index (κ2) is 4.72. The smallest absolute Gasteiger partial charge is 0.140 e. The Morgan fingerprint density at radius 2 is 2.33 bits per heavy atom. The van der Waals surface area contributed by atoms with Gasteiger partial charge in [-0.15, -0.1) is 6.58 Å². The van der Waals surface area contributed by atoms with Crippen molar-refractivity contribution in [1.82, 2.24) is 9.55 Å². The number of anilines is 1. The van der Waals surface area contributed by atoms with Gasteiger partial charge in [0.05, 0.1) is 11.9 Å². The van der Waals surface area contributed by atoms with Crippen molar-refractivity contribution in [2.45, 2.75) is 6.54 Å². The van der Waals surface area contributed by atoms with Crippen molar-refractivity contribution < 1.29 is 4.39 Å². The summed E-state index contributed by atoms with van der Waals surface area (Å²) in [6, 6.07) is 6.01. The predicted molar refractivity (Wildman–Crippen MR) is 66.9 cm³/mol. The highest BCUT2D eigenvalue weighted by Gasteiger charge is 2.11. The van der Waals surface area contributed by atoms with E-state index in [0.717, 1.165) is 0 Å². The molecule has 2 rings (SSSR count). The zero-order valence-electron chi connectivity index (χ0n) is 9.60. The van der Waals surface area contributed by atoms with Gasteiger partial charge in [-0.3, -0.25) is 0 Å². The number of hydrogen-bond donors (Lipinski definition) is 1. The molecule has 1 aromatic carbocycles. The molecule has 0 atom stereocenters. The number of nitriles is 1. The fraction of sp³-hybridized carbons (Fsp3) is 0.0769. The average molecular weight is 242 g/mol. The Balaban J connectivity index is 2.49. The number of rotatable bonds is 3. The molecule has 0 amide bonds. The van der Waals surface area contributed by atoms with Crippen LogP contribution in [-0.4, -0.2) is 9.55 Å². The van der Waals surface area contributed by atoms with Gasteiger partial charge >= 0.3 is 0 Å². The van der Waals surface area contributed by atoms with Gasteiger partial charge in [0.15, 0.2) is 0 Å². The van der Waals surface area contributed by atoms with Gasteiger partial charge < -0.3 is 10.3 Å². The van der Waals surface area contributed by atoms with Crippen LogP contribution in [0.2, 0.25) is 0 Å². The van der Waals surface area contributed by atoms with Crippen molar-refractivity contribution in [1.29, 1.82) is 5.26 Å². The maximum Gasteiger partial charge on any atom is 0.140 e. The summed E-state index contributed by atoms with van der Waals surface area (Å²) in [7, 11) is 0. The summed E-state index contributed by atoms with van der Waals surface area (Å²) in [5.41, 5.74) is 7.06. The Kier molecular flexibility index (Phi) is 3.11. The molecule has 0 saturated heterocycles. The van der Waals surface area contributed by atoms with E-state index in [9.17, 15) is 4.39 Å². The molecule has 0 saturated carbocycles. The lowest BCUT2D eigenvalue weighted by Crippen LogP contribution is -2.00. The molecule has 0 fully saturated rings. The van der Waals surface area contributed by atoms with Gasteiger partial charge in [0.25, 0.3) is 0 Å². The number of aromatic nitrogens is 2. The van der Waals surface area contributed by atoms with E-state index in [1.807, 2.05) is 0 Å². The van der Waals surface area contributed by atoms with Crippen LogP contribution in [0.3, 0.4) is 0 Å². The highest BCUT2D eigenvalue weighted by Crippen LogP contribution is 2.25. The molecule has 90 valence electrons. The van der Waals surface area contributed by atoms with Crippen LogP contribution in [0.15, 0.2) is 37.2 Å².